The fraction of sp³-hybridized carbons (Fsp3) is 0.214. The summed E-state index contributed by atoms with van der Waals surface area (Å²) in [4.78, 5) is 12.0. The van der Waals surface area contributed by atoms with Crippen molar-refractivity contribution in [3.05, 3.63) is 59.0 Å². The third-order valence-corrected chi connectivity index (χ3v) is 2.51. The highest BCUT2D eigenvalue weighted by Crippen LogP contribution is 2.14. The van der Waals surface area contributed by atoms with E-state index < -0.39 is 0 Å². The van der Waals surface area contributed by atoms with E-state index in [1.807, 2.05) is 44.2 Å². The van der Waals surface area contributed by atoms with Crippen molar-refractivity contribution in [1.29, 1.82) is 0 Å². The van der Waals surface area contributed by atoms with Gasteiger partial charge >= 0.3 is 0 Å². The van der Waals surface area contributed by atoms with E-state index in [4.69, 9.17) is 4.42 Å². The molecule has 0 atom stereocenters. The van der Waals surface area contributed by atoms with Gasteiger partial charge in [-0.25, -0.2) is 0 Å². The van der Waals surface area contributed by atoms with E-state index >= 15 is 0 Å². The zero-order valence-corrected chi connectivity index (χ0v) is 9.49. The van der Waals surface area contributed by atoms with Gasteiger partial charge in [-0.1, -0.05) is 30.7 Å². The topological polar surface area (TPSA) is 30.2 Å². The Labute approximate surface area is 94.9 Å². The van der Waals surface area contributed by atoms with Crippen LogP contribution in [-0.2, 0) is 6.42 Å². The van der Waals surface area contributed by atoms with Crippen LogP contribution in [0.15, 0.2) is 40.8 Å². The second kappa shape index (κ2) is 4.35. The van der Waals surface area contributed by atoms with Crippen molar-refractivity contribution in [2.75, 3.05) is 0 Å². The number of rotatable bonds is 3. The van der Waals surface area contributed by atoms with Crippen LogP contribution in [0.25, 0.3) is 0 Å². The smallest absolute Gasteiger partial charge is 0.228 e. The highest BCUT2D eigenvalue weighted by molar-refractivity contribution is 6.07. The maximum atomic E-state index is 12.0. The van der Waals surface area contributed by atoms with Crippen molar-refractivity contribution in [2.45, 2.75) is 20.3 Å². The van der Waals surface area contributed by atoms with Crippen LogP contribution in [0.2, 0.25) is 0 Å². The summed E-state index contributed by atoms with van der Waals surface area (Å²) in [5.41, 5.74) is 1.75. The molecular formula is C14H14O2. The lowest BCUT2D eigenvalue weighted by molar-refractivity contribution is 0.101. The molecule has 0 bridgehead atoms. The fourth-order valence-electron chi connectivity index (χ4n) is 1.62. The first-order chi connectivity index (χ1) is 7.70. The van der Waals surface area contributed by atoms with Crippen LogP contribution >= 0.6 is 0 Å². The molecular weight excluding hydrogens is 200 g/mol. The monoisotopic (exact) mass is 214 g/mol. The van der Waals surface area contributed by atoms with Crippen LogP contribution in [0.5, 0.6) is 0 Å². The molecule has 0 saturated heterocycles. The number of hydrogen-bond acceptors (Lipinski definition) is 2. The molecule has 1 heterocycles. The first-order valence-electron chi connectivity index (χ1n) is 5.41. The second-order valence-corrected chi connectivity index (χ2v) is 3.82. The van der Waals surface area contributed by atoms with Crippen molar-refractivity contribution in [2.24, 2.45) is 0 Å². The number of aryl methyl sites for hydroxylation is 2. The molecule has 1 aromatic carbocycles. The maximum Gasteiger partial charge on any atom is 0.228 e. The maximum absolute atomic E-state index is 12.0. The fourth-order valence-corrected chi connectivity index (χ4v) is 1.62. The Balaban J connectivity index is 2.31. The molecule has 16 heavy (non-hydrogen) atoms. The van der Waals surface area contributed by atoms with E-state index in [9.17, 15) is 4.79 Å². The molecule has 0 amide bonds. The van der Waals surface area contributed by atoms with E-state index in [0.29, 0.717) is 11.3 Å². The molecule has 1 aromatic heterocycles. The molecule has 2 rings (SSSR count). The highest BCUT2D eigenvalue weighted by atomic mass is 16.3. The van der Waals surface area contributed by atoms with Gasteiger partial charge in [-0.05, 0) is 25.1 Å². The van der Waals surface area contributed by atoms with Gasteiger partial charge in [0.1, 0.15) is 5.76 Å². The van der Waals surface area contributed by atoms with E-state index in [2.05, 4.69) is 0 Å². The number of carbonyl (C=O) groups excluding carboxylic acids is 1. The molecule has 0 aliphatic carbocycles. The SMILES string of the molecule is CCc1ccc(C(=O)c2cccc(C)c2)o1. The number of ketones is 1. The predicted molar refractivity (Wildman–Crippen MR) is 62.7 cm³/mol. The molecule has 2 aromatic rings. The molecule has 2 heteroatoms. The summed E-state index contributed by atoms with van der Waals surface area (Å²) in [5, 5.41) is 0. The van der Waals surface area contributed by atoms with Crippen LogP contribution in [0.1, 0.15) is 34.4 Å². The van der Waals surface area contributed by atoms with Gasteiger partial charge in [-0.15, -0.1) is 0 Å². The van der Waals surface area contributed by atoms with Crippen LogP contribution in [-0.4, -0.2) is 5.78 Å². The van der Waals surface area contributed by atoms with Gasteiger partial charge in [0.15, 0.2) is 5.76 Å². The lowest BCUT2D eigenvalue weighted by Crippen LogP contribution is -1.99. The summed E-state index contributed by atoms with van der Waals surface area (Å²) >= 11 is 0. The minimum absolute atomic E-state index is 0.0524. The van der Waals surface area contributed by atoms with Crippen LogP contribution in [0.3, 0.4) is 0 Å². The Kier molecular flexibility index (Phi) is 2.91. The Hall–Kier alpha value is -1.83. The zero-order chi connectivity index (χ0) is 11.5. The lowest BCUT2D eigenvalue weighted by atomic mass is 10.1. The summed E-state index contributed by atoms with van der Waals surface area (Å²) in [5.74, 6) is 1.21. The van der Waals surface area contributed by atoms with E-state index in [1.54, 1.807) is 6.07 Å². The number of benzene rings is 1. The van der Waals surface area contributed by atoms with E-state index in [0.717, 1.165) is 17.7 Å². The van der Waals surface area contributed by atoms with Crippen molar-refractivity contribution in [1.82, 2.24) is 0 Å². The molecule has 2 nitrogen and oxygen atoms in total. The molecule has 0 spiro atoms. The first kappa shape index (κ1) is 10.7. The van der Waals surface area contributed by atoms with Crippen molar-refractivity contribution < 1.29 is 9.21 Å². The van der Waals surface area contributed by atoms with Gasteiger partial charge in [0.2, 0.25) is 5.78 Å². The lowest BCUT2D eigenvalue weighted by Gasteiger charge is -1.99. The quantitative estimate of drug-likeness (QED) is 0.733. The van der Waals surface area contributed by atoms with Crippen LogP contribution in [0, 0.1) is 6.92 Å². The predicted octanol–water partition coefficient (Wildman–Crippen LogP) is 3.38. The van der Waals surface area contributed by atoms with Gasteiger partial charge in [-0.2, -0.15) is 0 Å². The molecule has 0 aliphatic rings. The van der Waals surface area contributed by atoms with Gasteiger partial charge in [0.25, 0.3) is 0 Å². The minimum atomic E-state index is -0.0524. The molecule has 82 valence electrons. The average Bonchev–Trinajstić information content (AvgIpc) is 2.76. The second-order valence-electron chi connectivity index (χ2n) is 3.82. The third kappa shape index (κ3) is 2.06. The Morgan fingerprint density at radius 2 is 2.06 bits per heavy atom. The zero-order valence-electron chi connectivity index (χ0n) is 9.49. The van der Waals surface area contributed by atoms with Gasteiger partial charge in [0.05, 0.1) is 0 Å². The first-order valence-corrected chi connectivity index (χ1v) is 5.41. The van der Waals surface area contributed by atoms with Crippen LogP contribution < -0.4 is 0 Å². The van der Waals surface area contributed by atoms with Crippen molar-refractivity contribution >= 4 is 5.78 Å². The van der Waals surface area contributed by atoms with E-state index in [-0.39, 0.29) is 5.78 Å². The van der Waals surface area contributed by atoms with Crippen LogP contribution in [0.4, 0.5) is 0 Å². The summed E-state index contributed by atoms with van der Waals surface area (Å²) in [6.07, 6.45) is 0.807. The normalized spacial score (nSPS) is 10.4. The number of furan rings is 1. The summed E-state index contributed by atoms with van der Waals surface area (Å²) in [6, 6.07) is 11.1. The van der Waals surface area contributed by atoms with Crippen molar-refractivity contribution in [3.63, 3.8) is 0 Å². The molecule has 0 saturated carbocycles. The molecule has 0 fully saturated rings. The minimum Gasteiger partial charge on any atom is -0.458 e. The molecule has 0 aliphatic heterocycles. The van der Waals surface area contributed by atoms with Gasteiger partial charge in [0, 0.05) is 12.0 Å². The molecule has 0 N–H and O–H groups in total. The standard InChI is InChI=1S/C14H14O2/c1-3-12-7-8-13(16-12)14(15)11-6-4-5-10(2)9-11/h4-9H,3H2,1-2H3. The summed E-state index contributed by atoms with van der Waals surface area (Å²) in [7, 11) is 0. The number of hydrogen-bond donors (Lipinski definition) is 0. The largest absolute Gasteiger partial charge is 0.458 e. The van der Waals surface area contributed by atoms with Crippen molar-refractivity contribution in [3.8, 4) is 0 Å². The Morgan fingerprint density at radius 1 is 1.25 bits per heavy atom. The summed E-state index contributed by atoms with van der Waals surface area (Å²) < 4.78 is 5.44. The molecule has 0 unspecified atom stereocenters. The Morgan fingerprint density at radius 3 is 2.69 bits per heavy atom. The van der Waals surface area contributed by atoms with Gasteiger partial charge in [-0.3, -0.25) is 4.79 Å². The van der Waals surface area contributed by atoms with Gasteiger partial charge < -0.3 is 4.42 Å². The molecule has 0 radical (unpaired) electrons. The highest BCUT2D eigenvalue weighted by Gasteiger charge is 2.12. The third-order valence-electron chi connectivity index (χ3n) is 2.51. The Bertz CT molecular complexity index is 509. The van der Waals surface area contributed by atoms with E-state index in [1.165, 1.54) is 0 Å². The number of carbonyl (C=O) groups is 1. The summed E-state index contributed by atoms with van der Waals surface area (Å²) in [6.45, 7) is 3.97. The average molecular weight is 214 g/mol.